The molecule has 2 rings (SSSR count). The predicted octanol–water partition coefficient (Wildman–Crippen LogP) is 2.94. The zero-order valence-corrected chi connectivity index (χ0v) is 10.4. The molecule has 0 aromatic heterocycles. The standard InChI is InChI=1S/C16H14O3/c17-15(16(18)19)11-8-12-6-9-14(10-7-12)13-4-2-1-3-5-13/h1-7,9-10H,8,11H2,(H,18,19). The first-order valence-corrected chi connectivity index (χ1v) is 6.07. The van der Waals surface area contributed by atoms with E-state index in [4.69, 9.17) is 5.11 Å². The molecule has 0 saturated heterocycles. The third-order valence-electron chi connectivity index (χ3n) is 2.94. The lowest BCUT2D eigenvalue weighted by molar-refractivity contribution is -0.149. The van der Waals surface area contributed by atoms with E-state index in [0.717, 1.165) is 16.7 Å². The molecule has 0 radical (unpaired) electrons. The molecule has 2 aromatic carbocycles. The highest BCUT2D eigenvalue weighted by molar-refractivity contribution is 6.32. The highest BCUT2D eigenvalue weighted by atomic mass is 16.4. The van der Waals surface area contributed by atoms with Gasteiger partial charge in [-0.2, -0.15) is 0 Å². The summed E-state index contributed by atoms with van der Waals surface area (Å²) < 4.78 is 0. The van der Waals surface area contributed by atoms with Crippen LogP contribution in [0.25, 0.3) is 11.1 Å². The lowest BCUT2D eigenvalue weighted by Crippen LogP contribution is -2.12. The Labute approximate surface area is 111 Å². The largest absolute Gasteiger partial charge is 0.476 e. The Morgan fingerprint density at radius 2 is 1.42 bits per heavy atom. The monoisotopic (exact) mass is 254 g/mol. The van der Waals surface area contributed by atoms with Gasteiger partial charge < -0.3 is 5.11 Å². The number of rotatable bonds is 5. The van der Waals surface area contributed by atoms with Crippen LogP contribution in [0, 0.1) is 0 Å². The molecule has 2 aromatic rings. The number of aliphatic carboxylic acids is 1. The molecule has 3 heteroatoms. The van der Waals surface area contributed by atoms with Crippen molar-refractivity contribution in [2.75, 3.05) is 0 Å². The molecule has 0 fully saturated rings. The van der Waals surface area contributed by atoms with Gasteiger partial charge >= 0.3 is 5.97 Å². The molecule has 0 saturated carbocycles. The Hall–Kier alpha value is -2.42. The van der Waals surface area contributed by atoms with Gasteiger partial charge in [0.05, 0.1) is 0 Å². The van der Waals surface area contributed by atoms with E-state index < -0.39 is 11.8 Å². The Morgan fingerprint density at radius 3 is 2.00 bits per heavy atom. The van der Waals surface area contributed by atoms with E-state index in [2.05, 4.69) is 0 Å². The van der Waals surface area contributed by atoms with Crippen molar-refractivity contribution in [1.82, 2.24) is 0 Å². The van der Waals surface area contributed by atoms with Crippen LogP contribution < -0.4 is 0 Å². The zero-order chi connectivity index (χ0) is 13.7. The first-order valence-electron chi connectivity index (χ1n) is 6.07. The van der Waals surface area contributed by atoms with Gasteiger partial charge in [0.15, 0.2) is 0 Å². The van der Waals surface area contributed by atoms with Crippen LogP contribution in [0.1, 0.15) is 12.0 Å². The van der Waals surface area contributed by atoms with Crippen molar-refractivity contribution in [2.45, 2.75) is 12.8 Å². The predicted molar refractivity (Wildman–Crippen MR) is 72.8 cm³/mol. The van der Waals surface area contributed by atoms with Gasteiger partial charge in [0, 0.05) is 6.42 Å². The van der Waals surface area contributed by atoms with Crippen LogP contribution in [0.15, 0.2) is 54.6 Å². The van der Waals surface area contributed by atoms with Crippen molar-refractivity contribution in [3.8, 4) is 11.1 Å². The summed E-state index contributed by atoms with van der Waals surface area (Å²) in [5.74, 6) is -2.10. The lowest BCUT2D eigenvalue weighted by Gasteiger charge is -2.03. The minimum atomic E-state index is -1.36. The molecule has 0 aliphatic heterocycles. The smallest absolute Gasteiger partial charge is 0.372 e. The molecule has 0 heterocycles. The third-order valence-corrected chi connectivity index (χ3v) is 2.94. The molecule has 1 N–H and O–H groups in total. The number of ketones is 1. The summed E-state index contributed by atoms with van der Waals surface area (Å²) in [5.41, 5.74) is 3.21. The SMILES string of the molecule is O=C(O)C(=O)CCc1ccc(-c2ccccc2)cc1. The van der Waals surface area contributed by atoms with Crippen LogP contribution in [0.3, 0.4) is 0 Å². The number of carboxylic acids is 1. The van der Waals surface area contributed by atoms with Crippen LogP contribution in [-0.4, -0.2) is 16.9 Å². The fourth-order valence-electron chi connectivity index (χ4n) is 1.86. The molecule has 0 amide bonds. The molecule has 0 atom stereocenters. The highest BCUT2D eigenvalue weighted by Gasteiger charge is 2.10. The second-order valence-electron chi connectivity index (χ2n) is 4.29. The van der Waals surface area contributed by atoms with Crippen LogP contribution >= 0.6 is 0 Å². The second-order valence-corrected chi connectivity index (χ2v) is 4.29. The number of Topliss-reactive ketones (excluding diaryl/α,β-unsaturated/α-hetero) is 1. The summed E-state index contributed by atoms with van der Waals surface area (Å²) in [4.78, 5) is 21.4. The summed E-state index contributed by atoms with van der Waals surface area (Å²) in [7, 11) is 0. The minimum absolute atomic E-state index is 0.0417. The molecule has 0 aliphatic rings. The molecule has 19 heavy (non-hydrogen) atoms. The minimum Gasteiger partial charge on any atom is -0.476 e. The Bertz CT molecular complexity index is 571. The van der Waals surface area contributed by atoms with Gasteiger partial charge in [0.1, 0.15) is 0 Å². The molecule has 0 aliphatic carbocycles. The summed E-state index contributed by atoms with van der Waals surface area (Å²) in [6.45, 7) is 0. The van der Waals surface area contributed by atoms with E-state index >= 15 is 0 Å². The van der Waals surface area contributed by atoms with Gasteiger partial charge in [-0.05, 0) is 23.1 Å². The molecular formula is C16H14O3. The van der Waals surface area contributed by atoms with Gasteiger partial charge in [0.2, 0.25) is 5.78 Å². The van der Waals surface area contributed by atoms with Crippen LogP contribution in [0.5, 0.6) is 0 Å². The molecular weight excluding hydrogens is 240 g/mol. The van der Waals surface area contributed by atoms with E-state index in [1.54, 1.807) is 0 Å². The van der Waals surface area contributed by atoms with E-state index in [1.807, 2.05) is 54.6 Å². The first-order chi connectivity index (χ1) is 9.16. The van der Waals surface area contributed by atoms with Crippen LogP contribution in [-0.2, 0) is 16.0 Å². The Morgan fingerprint density at radius 1 is 0.842 bits per heavy atom. The van der Waals surface area contributed by atoms with Crippen molar-refractivity contribution in [2.24, 2.45) is 0 Å². The number of benzene rings is 2. The third kappa shape index (κ3) is 3.52. The Balaban J connectivity index is 2.03. The highest BCUT2D eigenvalue weighted by Crippen LogP contribution is 2.19. The number of aryl methyl sites for hydroxylation is 1. The van der Waals surface area contributed by atoms with E-state index in [0.29, 0.717) is 6.42 Å². The maximum atomic E-state index is 11.0. The Kier molecular flexibility index (Phi) is 4.08. The average Bonchev–Trinajstić information content (AvgIpc) is 2.46. The molecule has 0 bridgehead atoms. The van der Waals surface area contributed by atoms with E-state index in [1.165, 1.54) is 0 Å². The van der Waals surface area contributed by atoms with Crippen molar-refractivity contribution in [1.29, 1.82) is 0 Å². The maximum Gasteiger partial charge on any atom is 0.372 e. The summed E-state index contributed by atoms with van der Waals surface area (Å²) >= 11 is 0. The van der Waals surface area contributed by atoms with E-state index in [9.17, 15) is 9.59 Å². The topological polar surface area (TPSA) is 54.4 Å². The van der Waals surface area contributed by atoms with Crippen molar-refractivity contribution in [3.63, 3.8) is 0 Å². The van der Waals surface area contributed by atoms with Crippen LogP contribution in [0.2, 0.25) is 0 Å². The lowest BCUT2D eigenvalue weighted by atomic mass is 10.0. The summed E-state index contributed by atoms with van der Waals surface area (Å²) in [6, 6.07) is 17.8. The normalized spacial score (nSPS) is 10.1. The van der Waals surface area contributed by atoms with Crippen molar-refractivity contribution >= 4 is 11.8 Å². The van der Waals surface area contributed by atoms with Gasteiger partial charge in [0.25, 0.3) is 0 Å². The van der Waals surface area contributed by atoms with Gasteiger partial charge in [-0.25, -0.2) is 4.79 Å². The second kappa shape index (κ2) is 5.96. The number of carboxylic acid groups (broad SMARTS) is 1. The van der Waals surface area contributed by atoms with Gasteiger partial charge in [-0.15, -0.1) is 0 Å². The van der Waals surface area contributed by atoms with Gasteiger partial charge in [-0.1, -0.05) is 54.6 Å². The quantitative estimate of drug-likeness (QED) is 0.834. The molecule has 0 spiro atoms. The number of carbonyl (C=O) groups excluding carboxylic acids is 1. The molecule has 96 valence electrons. The van der Waals surface area contributed by atoms with Crippen molar-refractivity contribution in [3.05, 3.63) is 60.2 Å². The zero-order valence-electron chi connectivity index (χ0n) is 10.4. The number of hydrogen-bond donors (Lipinski definition) is 1. The first kappa shape index (κ1) is 13.0. The van der Waals surface area contributed by atoms with E-state index in [-0.39, 0.29) is 6.42 Å². The van der Waals surface area contributed by atoms with Crippen molar-refractivity contribution < 1.29 is 14.7 Å². The fourth-order valence-corrected chi connectivity index (χ4v) is 1.86. The molecule has 3 nitrogen and oxygen atoms in total. The summed E-state index contributed by atoms with van der Waals surface area (Å²) in [5, 5.41) is 8.50. The van der Waals surface area contributed by atoms with Crippen LogP contribution in [0.4, 0.5) is 0 Å². The fraction of sp³-hybridized carbons (Fsp3) is 0.125. The molecule has 0 unspecified atom stereocenters. The van der Waals surface area contributed by atoms with Gasteiger partial charge in [-0.3, -0.25) is 4.79 Å². The average molecular weight is 254 g/mol. The number of hydrogen-bond acceptors (Lipinski definition) is 2. The summed E-state index contributed by atoms with van der Waals surface area (Å²) in [6.07, 6.45) is 0.500. The number of carbonyl (C=O) groups is 2. The maximum absolute atomic E-state index is 11.0.